The lowest BCUT2D eigenvalue weighted by Gasteiger charge is -2.43. The monoisotopic (exact) mass is 417 g/mol. The first-order valence-electron chi connectivity index (χ1n) is 8.95. The smallest absolute Gasteiger partial charge is 0.251 e. The largest absolute Gasteiger partial charge is 0.371 e. The lowest BCUT2D eigenvalue weighted by molar-refractivity contribution is -0.151. The summed E-state index contributed by atoms with van der Waals surface area (Å²) in [4.78, 5) is 29.9. The van der Waals surface area contributed by atoms with E-state index in [0.717, 1.165) is 6.07 Å². The second-order valence-corrected chi connectivity index (χ2v) is 7.81. The average Bonchev–Trinajstić information content (AvgIpc) is 2.66. The van der Waals surface area contributed by atoms with Gasteiger partial charge in [0.25, 0.3) is 5.91 Å². The minimum absolute atomic E-state index is 0.193. The van der Waals surface area contributed by atoms with Crippen molar-refractivity contribution >= 4 is 23.4 Å². The summed E-state index contributed by atoms with van der Waals surface area (Å²) in [6.45, 7) is 8.03. The first-order chi connectivity index (χ1) is 13.6. The summed E-state index contributed by atoms with van der Waals surface area (Å²) < 4.78 is 19.7. The number of ether oxygens (including phenoxy) is 1. The van der Waals surface area contributed by atoms with Crippen LogP contribution in [0.2, 0.25) is 5.15 Å². The normalized spacial score (nSPS) is 18.3. The number of morpholine rings is 1. The molecule has 0 aliphatic carbocycles. The van der Waals surface area contributed by atoms with Gasteiger partial charge in [-0.25, -0.2) is 9.37 Å². The summed E-state index contributed by atoms with van der Waals surface area (Å²) in [5, 5.41) is 0.193. The fraction of sp³-hybridized carbons (Fsp3) is 0.286. The molecule has 2 heterocycles. The Morgan fingerprint density at radius 3 is 2.76 bits per heavy atom. The quantitative estimate of drug-likeness (QED) is 0.609. The first-order valence-corrected chi connectivity index (χ1v) is 9.33. The minimum atomic E-state index is -0.878. The molecule has 2 N–H and O–H groups in total. The number of halogens is 2. The van der Waals surface area contributed by atoms with E-state index in [-0.39, 0.29) is 23.2 Å². The standard InChI is InChI=1S/C21H21ClFN3O3/c1-4-19(27)26-11-21(2,3)29-10-17(26)13-8-16(25-18(22)9-13)12-5-6-15(23)14(7-12)20(24)28/h4-9,17H,1,10-11H2,2-3H3,(H2,24,28). The van der Waals surface area contributed by atoms with E-state index in [4.69, 9.17) is 22.1 Å². The van der Waals surface area contributed by atoms with Crippen LogP contribution in [-0.2, 0) is 9.53 Å². The SMILES string of the molecule is C=CC(=O)N1CC(C)(C)OCC1c1cc(Cl)nc(-c2ccc(F)c(C(N)=O)c2)c1. The van der Waals surface area contributed by atoms with Gasteiger partial charge < -0.3 is 15.4 Å². The molecule has 1 unspecified atom stereocenters. The highest BCUT2D eigenvalue weighted by molar-refractivity contribution is 6.29. The van der Waals surface area contributed by atoms with Crippen LogP contribution in [-0.4, -0.2) is 40.5 Å². The maximum absolute atomic E-state index is 13.8. The van der Waals surface area contributed by atoms with Crippen LogP contribution in [0.1, 0.15) is 35.8 Å². The summed E-state index contributed by atoms with van der Waals surface area (Å²) in [5.41, 5.74) is 6.10. The lowest BCUT2D eigenvalue weighted by atomic mass is 9.97. The zero-order valence-corrected chi connectivity index (χ0v) is 16.9. The summed E-state index contributed by atoms with van der Waals surface area (Å²) in [6.07, 6.45) is 1.26. The molecule has 2 amide bonds. The molecule has 0 spiro atoms. The van der Waals surface area contributed by atoms with Crippen molar-refractivity contribution in [2.24, 2.45) is 5.73 Å². The van der Waals surface area contributed by atoms with Crippen LogP contribution in [0.5, 0.6) is 0 Å². The zero-order valence-electron chi connectivity index (χ0n) is 16.1. The van der Waals surface area contributed by atoms with E-state index in [1.807, 2.05) is 13.8 Å². The van der Waals surface area contributed by atoms with Crippen molar-refractivity contribution in [1.82, 2.24) is 9.88 Å². The number of hydrogen-bond donors (Lipinski definition) is 1. The van der Waals surface area contributed by atoms with E-state index in [1.165, 1.54) is 18.2 Å². The number of benzene rings is 1. The van der Waals surface area contributed by atoms with Gasteiger partial charge in [-0.3, -0.25) is 9.59 Å². The van der Waals surface area contributed by atoms with Gasteiger partial charge in [-0.2, -0.15) is 0 Å². The molecule has 29 heavy (non-hydrogen) atoms. The van der Waals surface area contributed by atoms with Crippen LogP contribution >= 0.6 is 11.6 Å². The molecule has 6 nitrogen and oxygen atoms in total. The molecule has 0 radical (unpaired) electrons. The number of pyridine rings is 1. The Bertz CT molecular complexity index is 993. The van der Waals surface area contributed by atoms with Crippen molar-refractivity contribution in [2.45, 2.75) is 25.5 Å². The van der Waals surface area contributed by atoms with E-state index in [1.54, 1.807) is 17.0 Å². The van der Waals surface area contributed by atoms with Gasteiger partial charge in [0.1, 0.15) is 11.0 Å². The van der Waals surface area contributed by atoms with Crippen LogP contribution < -0.4 is 5.73 Å². The molecule has 1 atom stereocenters. The number of amides is 2. The predicted molar refractivity (Wildman–Crippen MR) is 108 cm³/mol. The van der Waals surface area contributed by atoms with Crippen molar-refractivity contribution in [3.63, 3.8) is 0 Å². The molecule has 152 valence electrons. The highest BCUT2D eigenvalue weighted by Crippen LogP contribution is 2.34. The maximum Gasteiger partial charge on any atom is 0.251 e. The molecular weight excluding hydrogens is 397 g/mol. The molecule has 0 bridgehead atoms. The Hall–Kier alpha value is -2.77. The number of rotatable bonds is 4. The molecular formula is C21H21ClFN3O3. The molecule has 3 rings (SSSR count). The number of carbonyl (C=O) groups excluding carboxylic acids is 2. The fourth-order valence-electron chi connectivity index (χ4n) is 3.32. The van der Waals surface area contributed by atoms with Crippen molar-refractivity contribution in [3.05, 3.63) is 65.1 Å². The van der Waals surface area contributed by atoms with E-state index in [9.17, 15) is 14.0 Å². The third-order valence-corrected chi connectivity index (χ3v) is 4.94. The topological polar surface area (TPSA) is 85.5 Å². The minimum Gasteiger partial charge on any atom is -0.371 e. The summed E-state index contributed by atoms with van der Waals surface area (Å²) >= 11 is 6.23. The Morgan fingerprint density at radius 2 is 2.10 bits per heavy atom. The molecule has 1 aromatic heterocycles. The van der Waals surface area contributed by atoms with Crippen LogP contribution in [0, 0.1) is 5.82 Å². The molecule has 2 aromatic rings. The maximum atomic E-state index is 13.8. The summed E-state index contributed by atoms with van der Waals surface area (Å²) in [5.74, 6) is -1.81. The third-order valence-electron chi connectivity index (χ3n) is 4.75. The van der Waals surface area contributed by atoms with Gasteiger partial charge in [-0.15, -0.1) is 0 Å². The number of nitrogens with two attached hydrogens (primary N) is 1. The van der Waals surface area contributed by atoms with Gasteiger partial charge in [0, 0.05) is 5.56 Å². The van der Waals surface area contributed by atoms with Crippen molar-refractivity contribution < 1.29 is 18.7 Å². The van der Waals surface area contributed by atoms with Gasteiger partial charge in [-0.05, 0) is 55.8 Å². The van der Waals surface area contributed by atoms with Crippen LogP contribution in [0.25, 0.3) is 11.3 Å². The second kappa shape index (κ2) is 7.93. The molecule has 1 aromatic carbocycles. The number of aromatic nitrogens is 1. The van der Waals surface area contributed by atoms with Gasteiger partial charge >= 0.3 is 0 Å². The van der Waals surface area contributed by atoms with Crippen LogP contribution in [0.4, 0.5) is 4.39 Å². The van der Waals surface area contributed by atoms with Gasteiger partial charge in [0.2, 0.25) is 5.91 Å². The van der Waals surface area contributed by atoms with E-state index in [2.05, 4.69) is 11.6 Å². The zero-order chi connectivity index (χ0) is 21.3. The Kier molecular flexibility index (Phi) is 5.73. The summed E-state index contributed by atoms with van der Waals surface area (Å²) in [7, 11) is 0. The molecule has 1 aliphatic heterocycles. The summed E-state index contributed by atoms with van der Waals surface area (Å²) in [6, 6.07) is 6.95. The molecule has 8 heteroatoms. The van der Waals surface area contributed by atoms with Crippen LogP contribution in [0.15, 0.2) is 43.0 Å². The molecule has 0 saturated carbocycles. The van der Waals surface area contributed by atoms with Gasteiger partial charge in [0.05, 0.1) is 36.1 Å². The average molecular weight is 418 g/mol. The molecule has 1 fully saturated rings. The number of primary amides is 1. The molecule has 1 saturated heterocycles. The third kappa shape index (κ3) is 4.46. The second-order valence-electron chi connectivity index (χ2n) is 7.42. The predicted octanol–water partition coefficient (Wildman–Crippen LogP) is 3.50. The Balaban J connectivity index is 2.05. The Labute approximate surface area is 173 Å². The van der Waals surface area contributed by atoms with Crippen molar-refractivity contribution in [3.8, 4) is 11.3 Å². The van der Waals surface area contributed by atoms with E-state index in [0.29, 0.717) is 23.4 Å². The van der Waals surface area contributed by atoms with Crippen molar-refractivity contribution in [1.29, 1.82) is 0 Å². The van der Waals surface area contributed by atoms with E-state index >= 15 is 0 Å². The number of hydrogen-bond acceptors (Lipinski definition) is 4. The number of carbonyl (C=O) groups is 2. The van der Waals surface area contributed by atoms with Gasteiger partial charge in [0.15, 0.2) is 0 Å². The fourth-order valence-corrected chi connectivity index (χ4v) is 3.53. The highest BCUT2D eigenvalue weighted by atomic mass is 35.5. The number of nitrogens with zero attached hydrogens (tertiary/aromatic N) is 2. The van der Waals surface area contributed by atoms with Crippen molar-refractivity contribution in [2.75, 3.05) is 13.2 Å². The van der Waals surface area contributed by atoms with E-state index < -0.39 is 23.4 Å². The van der Waals surface area contributed by atoms with Gasteiger partial charge in [-0.1, -0.05) is 18.2 Å². The first kappa shape index (κ1) is 21.0. The van der Waals surface area contributed by atoms with Crippen LogP contribution in [0.3, 0.4) is 0 Å². The molecule has 1 aliphatic rings. The Morgan fingerprint density at radius 1 is 1.38 bits per heavy atom. The lowest BCUT2D eigenvalue weighted by Crippen LogP contribution is -2.51. The highest BCUT2D eigenvalue weighted by Gasteiger charge is 2.36.